The Morgan fingerprint density at radius 1 is 1.35 bits per heavy atom. The van der Waals surface area contributed by atoms with Crippen molar-refractivity contribution >= 4 is 46.7 Å². The molecule has 8 heteroatoms. The monoisotopic (exact) mass is 353 g/mol. The summed E-state index contributed by atoms with van der Waals surface area (Å²) in [6.45, 7) is 3.46. The molecule has 0 spiro atoms. The number of amides is 2. The van der Waals surface area contributed by atoms with Gasteiger partial charge in [0.1, 0.15) is 5.76 Å². The summed E-state index contributed by atoms with van der Waals surface area (Å²) in [6.07, 6.45) is 0. The van der Waals surface area contributed by atoms with E-state index in [1.165, 1.54) is 11.8 Å². The number of aryl methyl sites for hydroxylation is 1. The fourth-order valence-corrected chi connectivity index (χ4v) is 2.57. The molecule has 1 aromatic carbocycles. The summed E-state index contributed by atoms with van der Waals surface area (Å²) >= 11 is 7.08. The molecule has 0 radical (unpaired) electrons. The third-order valence-electron chi connectivity index (χ3n) is 2.82. The minimum atomic E-state index is -0.405. The number of hydrogen-bond donors (Lipinski definition) is 2. The van der Waals surface area contributed by atoms with Crippen LogP contribution in [0, 0.1) is 6.92 Å². The number of rotatable bonds is 6. The maximum Gasteiger partial charge on any atom is 0.238 e. The molecule has 0 saturated heterocycles. The summed E-state index contributed by atoms with van der Waals surface area (Å²) in [5.41, 5.74) is 0.623. The predicted octanol–water partition coefficient (Wildman–Crippen LogP) is 3.34. The molecular formula is C15H16ClN3O3S. The van der Waals surface area contributed by atoms with Crippen LogP contribution in [-0.4, -0.2) is 28.0 Å². The summed E-state index contributed by atoms with van der Waals surface area (Å²) in [5.74, 6) is 0.691. The highest BCUT2D eigenvalue weighted by Crippen LogP contribution is 2.17. The lowest BCUT2D eigenvalue weighted by atomic mass is 10.3. The van der Waals surface area contributed by atoms with Gasteiger partial charge >= 0.3 is 0 Å². The minimum absolute atomic E-state index is 0.152. The molecule has 2 aromatic rings. The van der Waals surface area contributed by atoms with E-state index >= 15 is 0 Å². The summed E-state index contributed by atoms with van der Waals surface area (Å²) in [4.78, 5) is 23.9. The lowest BCUT2D eigenvalue weighted by Gasteiger charge is -2.10. The largest absolute Gasteiger partial charge is 0.360 e. The normalized spacial score (nSPS) is 11.8. The van der Waals surface area contributed by atoms with Crippen molar-refractivity contribution in [1.29, 1.82) is 0 Å². The zero-order chi connectivity index (χ0) is 16.8. The molecule has 0 unspecified atom stereocenters. The van der Waals surface area contributed by atoms with Gasteiger partial charge in [-0.2, -0.15) is 0 Å². The van der Waals surface area contributed by atoms with Crippen molar-refractivity contribution < 1.29 is 14.1 Å². The van der Waals surface area contributed by atoms with Gasteiger partial charge in [0.15, 0.2) is 5.82 Å². The number of halogens is 1. The smallest absolute Gasteiger partial charge is 0.238 e. The standard InChI is InChI=1S/C15H16ClN3O3S/c1-9-6-13(19-22-9)18-15(21)10(2)23-8-14(20)17-12-5-3-4-11(16)7-12/h3-7,10H,8H2,1-2H3,(H,17,20)(H,18,19,21)/t10-/m1/s1. The van der Waals surface area contributed by atoms with Crippen molar-refractivity contribution in [2.24, 2.45) is 0 Å². The number of benzene rings is 1. The first-order valence-electron chi connectivity index (χ1n) is 6.85. The molecule has 1 aromatic heterocycles. The molecule has 0 saturated carbocycles. The Labute approximate surface area is 142 Å². The first kappa shape index (κ1) is 17.4. The number of carbonyl (C=O) groups excluding carboxylic acids is 2. The SMILES string of the molecule is Cc1cc(NC(=O)[C@@H](C)SCC(=O)Nc2cccc(Cl)c2)no1. The number of anilines is 2. The molecule has 122 valence electrons. The van der Waals surface area contributed by atoms with E-state index in [2.05, 4.69) is 15.8 Å². The van der Waals surface area contributed by atoms with Crippen molar-refractivity contribution in [2.75, 3.05) is 16.4 Å². The van der Waals surface area contributed by atoms with Crippen LogP contribution in [0.2, 0.25) is 5.02 Å². The molecule has 1 heterocycles. The Hall–Kier alpha value is -1.99. The van der Waals surface area contributed by atoms with Gasteiger partial charge in [-0.1, -0.05) is 22.8 Å². The number of nitrogens with one attached hydrogen (secondary N) is 2. The summed E-state index contributed by atoms with van der Waals surface area (Å²) in [5, 5.41) is 9.19. The second-order valence-electron chi connectivity index (χ2n) is 4.82. The summed E-state index contributed by atoms with van der Waals surface area (Å²) in [7, 11) is 0. The summed E-state index contributed by atoms with van der Waals surface area (Å²) in [6, 6.07) is 8.51. The van der Waals surface area contributed by atoms with Gasteiger partial charge in [0, 0.05) is 16.8 Å². The molecule has 23 heavy (non-hydrogen) atoms. The van der Waals surface area contributed by atoms with E-state index in [4.69, 9.17) is 16.1 Å². The van der Waals surface area contributed by atoms with Crippen LogP contribution >= 0.6 is 23.4 Å². The molecule has 1 atom stereocenters. The Kier molecular flexibility index (Phi) is 6.06. The van der Waals surface area contributed by atoms with Crippen LogP contribution in [0.4, 0.5) is 11.5 Å². The Morgan fingerprint density at radius 2 is 2.13 bits per heavy atom. The van der Waals surface area contributed by atoms with Gasteiger partial charge in [-0.3, -0.25) is 9.59 Å². The molecule has 0 aliphatic heterocycles. The molecule has 6 nitrogen and oxygen atoms in total. The number of aromatic nitrogens is 1. The van der Waals surface area contributed by atoms with Crippen LogP contribution < -0.4 is 10.6 Å². The highest BCUT2D eigenvalue weighted by molar-refractivity contribution is 8.01. The third-order valence-corrected chi connectivity index (χ3v) is 4.20. The van der Waals surface area contributed by atoms with Crippen molar-refractivity contribution in [3.63, 3.8) is 0 Å². The molecular weight excluding hydrogens is 338 g/mol. The fourth-order valence-electron chi connectivity index (χ4n) is 1.69. The maximum absolute atomic E-state index is 12.0. The van der Waals surface area contributed by atoms with Crippen LogP contribution in [0.25, 0.3) is 0 Å². The topological polar surface area (TPSA) is 84.2 Å². The van der Waals surface area contributed by atoms with E-state index in [1.54, 1.807) is 44.2 Å². The Bertz CT molecular complexity index is 705. The van der Waals surface area contributed by atoms with Crippen molar-refractivity contribution in [3.05, 3.63) is 41.1 Å². The quantitative estimate of drug-likeness (QED) is 0.832. The van der Waals surface area contributed by atoms with Crippen LogP contribution in [0.15, 0.2) is 34.9 Å². The van der Waals surface area contributed by atoms with E-state index in [0.717, 1.165) is 0 Å². The van der Waals surface area contributed by atoms with Crippen LogP contribution in [0.3, 0.4) is 0 Å². The Balaban J connectivity index is 1.77. The van der Waals surface area contributed by atoms with Crippen molar-refractivity contribution in [1.82, 2.24) is 5.16 Å². The predicted molar refractivity (Wildman–Crippen MR) is 91.9 cm³/mol. The minimum Gasteiger partial charge on any atom is -0.360 e. The second kappa shape index (κ2) is 8.03. The zero-order valence-corrected chi connectivity index (χ0v) is 14.2. The van der Waals surface area contributed by atoms with Gasteiger partial charge in [-0.05, 0) is 32.0 Å². The van der Waals surface area contributed by atoms with E-state index < -0.39 is 5.25 Å². The molecule has 2 amide bonds. The molecule has 0 fully saturated rings. The van der Waals surface area contributed by atoms with Gasteiger partial charge in [0.05, 0.1) is 11.0 Å². The zero-order valence-electron chi connectivity index (χ0n) is 12.6. The first-order chi connectivity index (χ1) is 10.9. The average molecular weight is 354 g/mol. The van der Waals surface area contributed by atoms with E-state index in [0.29, 0.717) is 22.3 Å². The molecule has 0 aliphatic carbocycles. The first-order valence-corrected chi connectivity index (χ1v) is 8.28. The van der Waals surface area contributed by atoms with E-state index in [1.807, 2.05) is 0 Å². The highest BCUT2D eigenvalue weighted by atomic mass is 35.5. The van der Waals surface area contributed by atoms with E-state index in [9.17, 15) is 9.59 Å². The highest BCUT2D eigenvalue weighted by Gasteiger charge is 2.16. The molecule has 0 aliphatic rings. The third kappa shape index (κ3) is 5.61. The van der Waals surface area contributed by atoms with Gasteiger partial charge in [0.25, 0.3) is 0 Å². The fraction of sp³-hybridized carbons (Fsp3) is 0.267. The van der Waals surface area contributed by atoms with Crippen molar-refractivity contribution in [2.45, 2.75) is 19.1 Å². The van der Waals surface area contributed by atoms with Gasteiger partial charge in [0.2, 0.25) is 11.8 Å². The Morgan fingerprint density at radius 3 is 2.78 bits per heavy atom. The number of carbonyl (C=O) groups is 2. The number of nitrogens with zero attached hydrogens (tertiary/aromatic N) is 1. The van der Waals surface area contributed by atoms with Crippen LogP contribution in [-0.2, 0) is 9.59 Å². The van der Waals surface area contributed by atoms with Crippen LogP contribution in [0.5, 0.6) is 0 Å². The average Bonchev–Trinajstić information content (AvgIpc) is 2.90. The van der Waals surface area contributed by atoms with Gasteiger partial charge < -0.3 is 15.2 Å². The second-order valence-corrected chi connectivity index (χ2v) is 6.59. The van der Waals surface area contributed by atoms with Crippen LogP contribution in [0.1, 0.15) is 12.7 Å². The summed E-state index contributed by atoms with van der Waals surface area (Å²) < 4.78 is 4.87. The lowest BCUT2D eigenvalue weighted by molar-refractivity contribution is -0.115. The van der Waals surface area contributed by atoms with Gasteiger partial charge in [-0.25, -0.2) is 0 Å². The lowest BCUT2D eigenvalue weighted by Crippen LogP contribution is -2.25. The van der Waals surface area contributed by atoms with E-state index in [-0.39, 0.29) is 17.6 Å². The molecule has 0 bridgehead atoms. The molecule has 2 N–H and O–H groups in total. The van der Waals surface area contributed by atoms with Gasteiger partial charge in [-0.15, -0.1) is 11.8 Å². The number of hydrogen-bond acceptors (Lipinski definition) is 5. The maximum atomic E-state index is 12.0. The number of thioether (sulfide) groups is 1. The molecule has 2 rings (SSSR count). The van der Waals surface area contributed by atoms with Crippen molar-refractivity contribution in [3.8, 4) is 0 Å².